The Kier molecular flexibility index (Phi) is 6.19. The van der Waals surface area contributed by atoms with Crippen molar-refractivity contribution in [1.29, 1.82) is 0 Å². The van der Waals surface area contributed by atoms with E-state index in [1.807, 2.05) is 84.9 Å². The highest BCUT2D eigenvalue weighted by molar-refractivity contribution is 6.30. The summed E-state index contributed by atoms with van der Waals surface area (Å²) in [4.78, 5) is 22.8. The Morgan fingerprint density at radius 2 is 1.47 bits per heavy atom. The Bertz CT molecular complexity index is 1650. The molecule has 0 saturated carbocycles. The Morgan fingerprint density at radius 3 is 2.11 bits per heavy atom. The van der Waals surface area contributed by atoms with E-state index in [2.05, 4.69) is 15.3 Å². The second kappa shape index (κ2) is 9.95. The van der Waals surface area contributed by atoms with Crippen LogP contribution >= 0.6 is 11.6 Å². The van der Waals surface area contributed by atoms with Gasteiger partial charge in [-0.1, -0.05) is 84.4 Å². The normalized spacial score (nSPS) is 12.8. The first-order valence-electron chi connectivity index (χ1n) is 12.0. The van der Waals surface area contributed by atoms with E-state index in [1.165, 1.54) is 17.1 Å². The van der Waals surface area contributed by atoms with Crippen molar-refractivity contribution in [2.24, 2.45) is 0 Å². The summed E-state index contributed by atoms with van der Waals surface area (Å²) < 4.78 is 6.85. The SMILES string of the molecule is COc1ccc(C2=C(Nc3ncc(Cl)cn3)Cc3c(-c4ccccc4)c(-c4ccccc4)nn3C2=O)cc1. The number of methoxy groups -OCH3 is 1. The second-order valence-electron chi connectivity index (χ2n) is 8.73. The predicted molar refractivity (Wildman–Crippen MR) is 148 cm³/mol. The van der Waals surface area contributed by atoms with Gasteiger partial charge in [-0.25, -0.2) is 9.97 Å². The molecule has 0 fully saturated rings. The van der Waals surface area contributed by atoms with E-state index in [-0.39, 0.29) is 5.91 Å². The number of fused-ring (bicyclic) bond motifs is 1. The largest absolute Gasteiger partial charge is 0.497 e. The Labute approximate surface area is 224 Å². The van der Waals surface area contributed by atoms with Gasteiger partial charge in [-0.15, -0.1) is 0 Å². The minimum Gasteiger partial charge on any atom is -0.497 e. The lowest BCUT2D eigenvalue weighted by Crippen LogP contribution is -2.27. The standard InChI is InChI=1S/C30H22ClN5O2/c1-38-23-14-12-20(13-15-23)26-24(34-30-32-17-22(31)18-33-30)16-25-27(19-8-4-2-5-9-19)28(35-36(25)29(26)37)21-10-6-3-7-11-21/h2-15,17-18H,16H2,1H3,(H,32,33,34). The highest BCUT2D eigenvalue weighted by atomic mass is 35.5. The van der Waals surface area contributed by atoms with Crippen LogP contribution in [0.15, 0.2) is 103 Å². The maximum atomic E-state index is 14.2. The number of carbonyl (C=O) groups is 1. The summed E-state index contributed by atoms with van der Waals surface area (Å²) in [7, 11) is 1.61. The van der Waals surface area contributed by atoms with E-state index >= 15 is 0 Å². The molecule has 3 aromatic carbocycles. The molecule has 1 aliphatic heterocycles. The van der Waals surface area contributed by atoms with Gasteiger partial charge in [-0.3, -0.25) is 4.79 Å². The van der Waals surface area contributed by atoms with Crippen LogP contribution in [0.3, 0.4) is 0 Å². The molecular formula is C30H22ClN5O2. The van der Waals surface area contributed by atoms with Crippen LogP contribution in [-0.2, 0) is 6.42 Å². The molecule has 5 aromatic rings. The van der Waals surface area contributed by atoms with Crippen LogP contribution < -0.4 is 10.1 Å². The number of halogens is 1. The average Bonchev–Trinajstić information content (AvgIpc) is 3.35. The predicted octanol–water partition coefficient (Wildman–Crippen LogP) is 6.39. The molecule has 0 atom stereocenters. The summed E-state index contributed by atoms with van der Waals surface area (Å²) in [5.74, 6) is 0.804. The molecule has 6 rings (SSSR count). The number of aromatic nitrogens is 4. The van der Waals surface area contributed by atoms with Gasteiger partial charge in [0.15, 0.2) is 0 Å². The van der Waals surface area contributed by atoms with Crippen LogP contribution in [0.2, 0.25) is 5.02 Å². The molecule has 0 bridgehead atoms. The molecule has 3 heterocycles. The molecule has 2 aromatic heterocycles. The Hall–Kier alpha value is -4.75. The zero-order chi connectivity index (χ0) is 26.1. The quantitative estimate of drug-likeness (QED) is 0.280. The second-order valence-corrected chi connectivity index (χ2v) is 9.16. The van der Waals surface area contributed by atoms with Gasteiger partial charge in [0.1, 0.15) is 11.4 Å². The lowest BCUT2D eigenvalue weighted by molar-refractivity contribution is 0.0958. The van der Waals surface area contributed by atoms with Crippen LogP contribution in [0.25, 0.3) is 28.0 Å². The number of nitrogens with zero attached hydrogens (tertiary/aromatic N) is 4. The van der Waals surface area contributed by atoms with Gasteiger partial charge < -0.3 is 10.1 Å². The molecule has 0 radical (unpaired) electrons. The van der Waals surface area contributed by atoms with Crippen molar-refractivity contribution in [3.63, 3.8) is 0 Å². The van der Waals surface area contributed by atoms with Crippen LogP contribution in [0.4, 0.5) is 5.95 Å². The topological polar surface area (TPSA) is 81.9 Å². The molecule has 7 nitrogen and oxygen atoms in total. The fourth-order valence-corrected chi connectivity index (χ4v) is 4.75. The van der Waals surface area contributed by atoms with E-state index in [9.17, 15) is 4.79 Å². The Balaban J connectivity index is 1.55. The van der Waals surface area contributed by atoms with Gasteiger partial charge in [-0.05, 0) is 23.3 Å². The van der Waals surface area contributed by atoms with Crippen molar-refractivity contribution in [3.8, 4) is 28.1 Å². The zero-order valence-corrected chi connectivity index (χ0v) is 21.2. The van der Waals surface area contributed by atoms with E-state index in [1.54, 1.807) is 7.11 Å². The highest BCUT2D eigenvalue weighted by Gasteiger charge is 2.33. The van der Waals surface area contributed by atoms with Crippen molar-refractivity contribution in [3.05, 3.63) is 119 Å². The van der Waals surface area contributed by atoms with Crippen LogP contribution in [0, 0.1) is 0 Å². The molecule has 0 amide bonds. The average molecular weight is 520 g/mol. The van der Waals surface area contributed by atoms with E-state index in [0.29, 0.717) is 34.4 Å². The first kappa shape index (κ1) is 23.6. The summed E-state index contributed by atoms with van der Waals surface area (Å²) in [6.45, 7) is 0. The van der Waals surface area contributed by atoms with Gasteiger partial charge in [0.05, 0.1) is 35.8 Å². The first-order valence-corrected chi connectivity index (χ1v) is 12.4. The molecule has 8 heteroatoms. The first-order chi connectivity index (χ1) is 18.6. The molecule has 1 N–H and O–H groups in total. The van der Waals surface area contributed by atoms with Crippen molar-refractivity contribution in [1.82, 2.24) is 19.7 Å². The molecule has 0 unspecified atom stereocenters. The van der Waals surface area contributed by atoms with Crippen molar-refractivity contribution in [2.75, 3.05) is 12.4 Å². The number of ether oxygens (including phenoxy) is 1. The number of allylic oxidation sites excluding steroid dienone is 2. The molecule has 186 valence electrons. The summed E-state index contributed by atoms with van der Waals surface area (Å²) in [6, 6.07) is 27.3. The lowest BCUT2D eigenvalue weighted by Gasteiger charge is -2.22. The summed E-state index contributed by atoms with van der Waals surface area (Å²) in [6.07, 6.45) is 3.44. The maximum Gasteiger partial charge on any atom is 0.280 e. The number of rotatable bonds is 6. The van der Waals surface area contributed by atoms with Gasteiger partial charge in [0, 0.05) is 23.2 Å². The molecule has 0 spiro atoms. The maximum absolute atomic E-state index is 14.2. The van der Waals surface area contributed by atoms with Gasteiger partial charge in [-0.2, -0.15) is 9.78 Å². The van der Waals surface area contributed by atoms with E-state index in [0.717, 1.165) is 33.6 Å². The summed E-state index contributed by atoms with van der Waals surface area (Å²) >= 11 is 6.00. The van der Waals surface area contributed by atoms with Gasteiger partial charge >= 0.3 is 0 Å². The smallest absolute Gasteiger partial charge is 0.280 e. The third-order valence-electron chi connectivity index (χ3n) is 6.40. The highest BCUT2D eigenvalue weighted by Crippen LogP contribution is 2.40. The van der Waals surface area contributed by atoms with Crippen LogP contribution in [0.1, 0.15) is 16.1 Å². The van der Waals surface area contributed by atoms with Gasteiger partial charge in [0.25, 0.3) is 5.91 Å². The fourth-order valence-electron chi connectivity index (χ4n) is 4.66. The third kappa shape index (κ3) is 4.33. The lowest BCUT2D eigenvalue weighted by atomic mass is 9.92. The number of hydrogen-bond acceptors (Lipinski definition) is 6. The van der Waals surface area contributed by atoms with Crippen molar-refractivity contribution < 1.29 is 9.53 Å². The van der Waals surface area contributed by atoms with Crippen LogP contribution in [-0.4, -0.2) is 32.8 Å². The van der Waals surface area contributed by atoms with Crippen molar-refractivity contribution in [2.45, 2.75) is 6.42 Å². The minimum absolute atomic E-state index is 0.243. The molecule has 1 aliphatic rings. The molecule has 0 aliphatic carbocycles. The van der Waals surface area contributed by atoms with E-state index < -0.39 is 0 Å². The summed E-state index contributed by atoms with van der Waals surface area (Å²) in [5.41, 5.74) is 6.25. The van der Waals surface area contributed by atoms with Crippen molar-refractivity contribution >= 4 is 29.0 Å². The fraction of sp³-hybridized carbons (Fsp3) is 0.0667. The molecular weight excluding hydrogens is 498 g/mol. The summed E-state index contributed by atoms with van der Waals surface area (Å²) in [5, 5.41) is 8.59. The number of anilines is 1. The van der Waals surface area contributed by atoms with E-state index in [4.69, 9.17) is 21.4 Å². The van der Waals surface area contributed by atoms with Gasteiger partial charge in [0.2, 0.25) is 5.95 Å². The monoisotopic (exact) mass is 519 g/mol. The number of benzene rings is 3. The third-order valence-corrected chi connectivity index (χ3v) is 6.60. The molecule has 38 heavy (non-hydrogen) atoms. The molecule has 0 saturated heterocycles. The Morgan fingerprint density at radius 1 is 0.842 bits per heavy atom. The number of hydrogen-bond donors (Lipinski definition) is 1. The number of carbonyl (C=O) groups excluding carboxylic acids is 1. The number of nitrogens with one attached hydrogen (secondary N) is 1. The van der Waals surface area contributed by atoms with Crippen LogP contribution in [0.5, 0.6) is 5.75 Å². The zero-order valence-electron chi connectivity index (χ0n) is 20.4. The minimum atomic E-state index is -0.243.